The summed E-state index contributed by atoms with van der Waals surface area (Å²) in [6.45, 7) is 13.9. The lowest BCUT2D eigenvalue weighted by Gasteiger charge is -2.19. The van der Waals surface area contributed by atoms with E-state index in [4.69, 9.17) is 0 Å². The Balaban J connectivity index is 0.000000213. The van der Waals surface area contributed by atoms with E-state index in [0.717, 1.165) is 17.4 Å². The number of nitrogens with zero attached hydrogens (tertiary/aromatic N) is 1. The van der Waals surface area contributed by atoms with E-state index in [0.29, 0.717) is 0 Å². The minimum atomic E-state index is 0.778. The molecular formula is C13H27N. The summed E-state index contributed by atoms with van der Waals surface area (Å²) in [6, 6.07) is 0.778. The SMILES string of the molecule is CC(C)C.CC(C)N1CCC2(CC2)C1. The summed E-state index contributed by atoms with van der Waals surface area (Å²) in [6.07, 6.45) is 4.50. The van der Waals surface area contributed by atoms with Crippen molar-refractivity contribution in [2.75, 3.05) is 13.1 Å². The third kappa shape index (κ3) is 3.61. The van der Waals surface area contributed by atoms with Gasteiger partial charge in [0.05, 0.1) is 0 Å². The lowest BCUT2D eigenvalue weighted by molar-refractivity contribution is 0.262. The van der Waals surface area contributed by atoms with Crippen LogP contribution >= 0.6 is 0 Å². The minimum absolute atomic E-state index is 0.778. The predicted octanol–water partition coefficient (Wildman–Crippen LogP) is 3.54. The van der Waals surface area contributed by atoms with Crippen LogP contribution in [0.1, 0.15) is 53.9 Å². The molecule has 2 aliphatic rings. The van der Waals surface area contributed by atoms with Crippen molar-refractivity contribution < 1.29 is 0 Å². The fraction of sp³-hybridized carbons (Fsp3) is 1.00. The van der Waals surface area contributed by atoms with Gasteiger partial charge in [-0.15, -0.1) is 0 Å². The largest absolute Gasteiger partial charge is 0.300 e. The summed E-state index contributed by atoms with van der Waals surface area (Å²) in [4.78, 5) is 2.62. The van der Waals surface area contributed by atoms with Gasteiger partial charge < -0.3 is 4.90 Å². The Morgan fingerprint density at radius 2 is 1.43 bits per heavy atom. The van der Waals surface area contributed by atoms with Gasteiger partial charge in [-0.3, -0.25) is 0 Å². The second-order valence-corrected chi connectivity index (χ2v) is 6.05. The molecule has 1 aliphatic carbocycles. The summed E-state index contributed by atoms with van der Waals surface area (Å²) in [5.41, 5.74) is 0.824. The molecule has 1 saturated carbocycles. The maximum atomic E-state index is 2.62. The first kappa shape index (κ1) is 12.0. The number of rotatable bonds is 1. The van der Waals surface area contributed by atoms with E-state index in [-0.39, 0.29) is 0 Å². The molecule has 0 aromatic carbocycles. The van der Waals surface area contributed by atoms with Gasteiger partial charge in [0.15, 0.2) is 0 Å². The van der Waals surface area contributed by atoms with E-state index in [1.54, 1.807) is 0 Å². The van der Waals surface area contributed by atoms with Gasteiger partial charge in [-0.1, -0.05) is 20.8 Å². The lowest BCUT2D eigenvalue weighted by atomic mass is 10.1. The van der Waals surface area contributed by atoms with E-state index < -0.39 is 0 Å². The summed E-state index contributed by atoms with van der Waals surface area (Å²) in [5.74, 6) is 0.833. The van der Waals surface area contributed by atoms with Crippen LogP contribution in [0.3, 0.4) is 0 Å². The zero-order chi connectivity index (χ0) is 10.8. The first-order valence-electron chi connectivity index (χ1n) is 6.19. The zero-order valence-electron chi connectivity index (χ0n) is 10.6. The normalized spacial score (nSPS) is 24.2. The van der Waals surface area contributed by atoms with E-state index in [2.05, 4.69) is 39.5 Å². The molecule has 1 nitrogen and oxygen atoms in total. The Kier molecular flexibility index (Phi) is 4.00. The molecule has 0 N–H and O–H groups in total. The molecule has 0 radical (unpaired) electrons. The summed E-state index contributed by atoms with van der Waals surface area (Å²) < 4.78 is 0. The maximum Gasteiger partial charge on any atom is 0.00412 e. The quantitative estimate of drug-likeness (QED) is 0.621. The molecule has 1 aliphatic heterocycles. The highest BCUT2D eigenvalue weighted by Gasteiger charge is 2.47. The zero-order valence-corrected chi connectivity index (χ0v) is 10.6. The van der Waals surface area contributed by atoms with Crippen LogP contribution in [0.15, 0.2) is 0 Å². The fourth-order valence-electron chi connectivity index (χ4n) is 2.00. The van der Waals surface area contributed by atoms with Crippen LogP contribution in [0.2, 0.25) is 0 Å². The van der Waals surface area contributed by atoms with Gasteiger partial charge in [0, 0.05) is 12.6 Å². The van der Waals surface area contributed by atoms with Crippen molar-refractivity contribution in [3.8, 4) is 0 Å². The van der Waals surface area contributed by atoms with Crippen LogP contribution in [0, 0.1) is 11.3 Å². The Bertz CT molecular complexity index is 165. The van der Waals surface area contributed by atoms with E-state index in [1.165, 1.54) is 32.4 Å². The summed E-state index contributed by atoms with van der Waals surface area (Å²) in [7, 11) is 0. The number of hydrogen-bond donors (Lipinski definition) is 0. The average Bonchev–Trinajstić information content (AvgIpc) is 2.59. The van der Waals surface area contributed by atoms with Crippen LogP contribution in [0.5, 0.6) is 0 Å². The van der Waals surface area contributed by atoms with Crippen molar-refractivity contribution in [1.82, 2.24) is 4.90 Å². The highest BCUT2D eigenvalue weighted by Crippen LogP contribution is 2.52. The van der Waals surface area contributed by atoms with Crippen LogP contribution in [0.25, 0.3) is 0 Å². The van der Waals surface area contributed by atoms with Crippen LogP contribution < -0.4 is 0 Å². The highest BCUT2D eigenvalue weighted by molar-refractivity contribution is 5.00. The average molecular weight is 197 g/mol. The molecule has 1 saturated heterocycles. The molecule has 0 aromatic heterocycles. The van der Waals surface area contributed by atoms with Crippen molar-refractivity contribution in [3.05, 3.63) is 0 Å². The predicted molar refractivity (Wildman–Crippen MR) is 63.5 cm³/mol. The van der Waals surface area contributed by atoms with Crippen molar-refractivity contribution in [2.45, 2.75) is 59.9 Å². The second kappa shape index (κ2) is 4.65. The molecule has 2 fully saturated rings. The highest BCUT2D eigenvalue weighted by atomic mass is 15.2. The second-order valence-electron chi connectivity index (χ2n) is 6.05. The molecule has 2 rings (SSSR count). The monoisotopic (exact) mass is 197 g/mol. The molecule has 1 heteroatoms. The van der Waals surface area contributed by atoms with Gasteiger partial charge in [0.2, 0.25) is 0 Å². The van der Waals surface area contributed by atoms with Crippen molar-refractivity contribution in [3.63, 3.8) is 0 Å². The molecule has 0 amide bonds. The third-order valence-electron chi connectivity index (χ3n) is 3.16. The van der Waals surface area contributed by atoms with Gasteiger partial charge in [-0.25, -0.2) is 0 Å². The maximum absolute atomic E-state index is 2.62. The Hall–Kier alpha value is -0.0400. The first-order chi connectivity index (χ1) is 6.45. The minimum Gasteiger partial charge on any atom is -0.300 e. The van der Waals surface area contributed by atoms with Crippen molar-refractivity contribution >= 4 is 0 Å². The molecule has 14 heavy (non-hydrogen) atoms. The van der Waals surface area contributed by atoms with E-state index >= 15 is 0 Å². The third-order valence-corrected chi connectivity index (χ3v) is 3.16. The Morgan fingerprint density at radius 1 is 0.929 bits per heavy atom. The lowest BCUT2D eigenvalue weighted by Crippen LogP contribution is -2.28. The molecule has 84 valence electrons. The van der Waals surface area contributed by atoms with Gasteiger partial charge in [0.1, 0.15) is 0 Å². The molecular weight excluding hydrogens is 170 g/mol. The van der Waals surface area contributed by atoms with Gasteiger partial charge in [-0.05, 0) is 51.0 Å². The van der Waals surface area contributed by atoms with E-state index in [9.17, 15) is 0 Å². The Morgan fingerprint density at radius 3 is 1.64 bits per heavy atom. The summed E-state index contributed by atoms with van der Waals surface area (Å²) in [5, 5.41) is 0. The number of hydrogen-bond acceptors (Lipinski definition) is 1. The van der Waals surface area contributed by atoms with Gasteiger partial charge >= 0.3 is 0 Å². The first-order valence-corrected chi connectivity index (χ1v) is 6.19. The van der Waals surface area contributed by atoms with Crippen molar-refractivity contribution in [1.29, 1.82) is 0 Å². The van der Waals surface area contributed by atoms with Crippen molar-refractivity contribution in [2.24, 2.45) is 11.3 Å². The van der Waals surface area contributed by atoms with Crippen LogP contribution in [0.4, 0.5) is 0 Å². The molecule has 1 heterocycles. The van der Waals surface area contributed by atoms with Crippen LogP contribution in [-0.4, -0.2) is 24.0 Å². The fourth-order valence-corrected chi connectivity index (χ4v) is 2.00. The molecule has 0 unspecified atom stereocenters. The molecule has 0 aromatic rings. The molecule has 1 spiro atoms. The van der Waals surface area contributed by atoms with Gasteiger partial charge in [-0.2, -0.15) is 0 Å². The Labute approximate surface area is 89.9 Å². The topological polar surface area (TPSA) is 3.24 Å². The molecule has 0 atom stereocenters. The molecule has 0 bridgehead atoms. The summed E-state index contributed by atoms with van der Waals surface area (Å²) >= 11 is 0. The number of likely N-dealkylation sites (tertiary alicyclic amines) is 1. The standard InChI is InChI=1S/C9H17N.C4H10/c1-8(2)10-6-5-9(7-10)3-4-9;1-4(2)3/h8H,3-7H2,1-2H3;4H,1-3H3. The van der Waals surface area contributed by atoms with E-state index in [1.807, 2.05) is 0 Å². The smallest absolute Gasteiger partial charge is 0.00412 e. The van der Waals surface area contributed by atoms with Gasteiger partial charge in [0.25, 0.3) is 0 Å². The van der Waals surface area contributed by atoms with Crippen LogP contribution in [-0.2, 0) is 0 Å².